The number of hydrogen-bond donors (Lipinski definition) is 2. The highest BCUT2D eigenvalue weighted by atomic mass is 16.5. The molecule has 1 aromatic rings. The second kappa shape index (κ2) is 6.66. The molecule has 1 aromatic carbocycles. The Morgan fingerprint density at radius 1 is 1.39 bits per heavy atom. The number of ether oxygens (including phenoxy) is 2. The van der Waals surface area contributed by atoms with Gasteiger partial charge in [0.15, 0.2) is 11.5 Å². The van der Waals surface area contributed by atoms with Crippen molar-refractivity contribution in [2.75, 3.05) is 20.3 Å². The molecule has 2 N–H and O–H groups in total. The average molecular weight is 252 g/mol. The van der Waals surface area contributed by atoms with E-state index in [0.717, 1.165) is 0 Å². The number of aliphatic carboxylic acids is 1. The Balaban J connectivity index is 2.68. The van der Waals surface area contributed by atoms with Crippen LogP contribution < -0.4 is 9.47 Å². The molecule has 0 aliphatic carbocycles. The Morgan fingerprint density at radius 2 is 2.00 bits per heavy atom. The van der Waals surface area contributed by atoms with Crippen molar-refractivity contribution in [1.29, 1.82) is 0 Å². The van der Waals surface area contributed by atoms with Gasteiger partial charge in [-0.1, -0.05) is 18.7 Å². The molecule has 0 bridgehead atoms. The second-order valence-corrected chi connectivity index (χ2v) is 3.67. The smallest absolute Gasteiger partial charge is 0.331 e. The van der Waals surface area contributed by atoms with Gasteiger partial charge in [-0.3, -0.25) is 0 Å². The highest BCUT2D eigenvalue weighted by molar-refractivity contribution is 5.86. The molecule has 0 aliphatic rings. The van der Waals surface area contributed by atoms with Gasteiger partial charge in [-0.15, -0.1) is 0 Å². The van der Waals surface area contributed by atoms with Gasteiger partial charge in [0.05, 0.1) is 20.3 Å². The Labute approximate surface area is 105 Å². The maximum Gasteiger partial charge on any atom is 0.331 e. The summed E-state index contributed by atoms with van der Waals surface area (Å²) in [5.74, 6) is -0.739. The summed E-state index contributed by atoms with van der Waals surface area (Å²) in [5, 5.41) is 17.9. The Morgan fingerprint density at radius 3 is 2.50 bits per heavy atom. The normalized spacial score (nSPS) is 11.7. The summed E-state index contributed by atoms with van der Waals surface area (Å²) >= 11 is 0. The summed E-state index contributed by atoms with van der Waals surface area (Å²) in [6.45, 7) is 3.11. The summed E-state index contributed by atoms with van der Waals surface area (Å²) in [6, 6.07) is 7.01. The molecule has 0 saturated heterocycles. The van der Waals surface area contributed by atoms with E-state index in [1.54, 1.807) is 24.3 Å². The van der Waals surface area contributed by atoms with Crippen LogP contribution in [-0.2, 0) is 4.79 Å². The van der Waals surface area contributed by atoms with Crippen molar-refractivity contribution in [3.05, 3.63) is 36.4 Å². The summed E-state index contributed by atoms with van der Waals surface area (Å²) in [7, 11) is 1.52. The topological polar surface area (TPSA) is 76.0 Å². The van der Waals surface area contributed by atoms with Gasteiger partial charge in [0, 0.05) is 11.5 Å². The van der Waals surface area contributed by atoms with Crippen LogP contribution in [0.15, 0.2) is 36.4 Å². The molecule has 0 fully saturated rings. The van der Waals surface area contributed by atoms with Crippen LogP contribution in [0.1, 0.15) is 0 Å². The van der Waals surface area contributed by atoms with E-state index in [1.165, 1.54) is 7.11 Å². The first kappa shape index (κ1) is 14.1. The van der Waals surface area contributed by atoms with Crippen LogP contribution in [0, 0.1) is 5.92 Å². The van der Waals surface area contributed by atoms with Crippen LogP contribution in [0.3, 0.4) is 0 Å². The molecule has 0 spiro atoms. The Hall–Kier alpha value is -2.01. The van der Waals surface area contributed by atoms with Crippen molar-refractivity contribution in [3.63, 3.8) is 0 Å². The zero-order valence-electron chi connectivity index (χ0n) is 10.1. The SMILES string of the molecule is C=C(C(=O)O)C(CO)COc1ccccc1OC. The number of para-hydroxylation sites is 2. The number of benzene rings is 1. The predicted octanol–water partition coefficient (Wildman–Crippen LogP) is 1.32. The van der Waals surface area contributed by atoms with Crippen molar-refractivity contribution in [2.24, 2.45) is 5.92 Å². The van der Waals surface area contributed by atoms with E-state index < -0.39 is 11.9 Å². The van der Waals surface area contributed by atoms with E-state index in [9.17, 15) is 4.79 Å². The van der Waals surface area contributed by atoms with E-state index in [4.69, 9.17) is 19.7 Å². The summed E-state index contributed by atoms with van der Waals surface area (Å²) in [6.07, 6.45) is 0. The number of rotatable bonds is 7. The van der Waals surface area contributed by atoms with Crippen molar-refractivity contribution >= 4 is 5.97 Å². The van der Waals surface area contributed by atoms with Crippen molar-refractivity contribution in [2.45, 2.75) is 0 Å². The maximum absolute atomic E-state index is 10.7. The van der Waals surface area contributed by atoms with Gasteiger partial charge in [-0.25, -0.2) is 4.79 Å². The highest BCUT2D eigenvalue weighted by Crippen LogP contribution is 2.26. The molecule has 5 heteroatoms. The number of aliphatic hydroxyl groups is 1. The van der Waals surface area contributed by atoms with Crippen molar-refractivity contribution < 1.29 is 24.5 Å². The van der Waals surface area contributed by atoms with Crippen molar-refractivity contribution in [1.82, 2.24) is 0 Å². The lowest BCUT2D eigenvalue weighted by Crippen LogP contribution is -2.22. The zero-order valence-corrected chi connectivity index (χ0v) is 10.1. The largest absolute Gasteiger partial charge is 0.493 e. The van der Waals surface area contributed by atoms with Crippen LogP contribution >= 0.6 is 0 Å². The lowest BCUT2D eigenvalue weighted by molar-refractivity contribution is -0.133. The number of methoxy groups -OCH3 is 1. The molecule has 0 aromatic heterocycles. The van der Waals surface area contributed by atoms with E-state index >= 15 is 0 Å². The number of hydrogen-bond acceptors (Lipinski definition) is 4. The minimum absolute atomic E-state index is 0.0298. The fraction of sp³-hybridized carbons (Fsp3) is 0.308. The fourth-order valence-corrected chi connectivity index (χ4v) is 1.37. The third-order valence-electron chi connectivity index (χ3n) is 2.50. The second-order valence-electron chi connectivity index (χ2n) is 3.67. The third-order valence-corrected chi connectivity index (χ3v) is 2.50. The van der Waals surface area contributed by atoms with Gasteiger partial charge in [-0.2, -0.15) is 0 Å². The molecule has 0 amide bonds. The van der Waals surface area contributed by atoms with Gasteiger partial charge in [0.1, 0.15) is 0 Å². The minimum Gasteiger partial charge on any atom is -0.493 e. The number of carbonyl (C=O) groups is 1. The van der Waals surface area contributed by atoms with Gasteiger partial charge in [0.2, 0.25) is 0 Å². The first-order valence-corrected chi connectivity index (χ1v) is 5.39. The van der Waals surface area contributed by atoms with Gasteiger partial charge in [-0.05, 0) is 12.1 Å². The standard InChI is InChI=1S/C13H16O5/c1-9(13(15)16)10(7-14)8-18-12-6-4-3-5-11(12)17-2/h3-6,10,14H,1,7-8H2,2H3,(H,15,16). The quantitative estimate of drug-likeness (QED) is 0.716. The number of carboxylic acid groups (broad SMARTS) is 1. The lowest BCUT2D eigenvalue weighted by Gasteiger charge is -2.16. The molecular weight excluding hydrogens is 236 g/mol. The molecule has 0 aliphatic heterocycles. The van der Waals surface area contributed by atoms with E-state index in [-0.39, 0.29) is 18.8 Å². The number of carboxylic acids is 1. The van der Waals surface area contributed by atoms with E-state index in [2.05, 4.69) is 6.58 Å². The molecule has 1 rings (SSSR count). The summed E-state index contributed by atoms with van der Waals surface area (Å²) in [5.41, 5.74) is -0.0765. The molecule has 18 heavy (non-hydrogen) atoms. The van der Waals surface area contributed by atoms with Crippen LogP contribution in [0.4, 0.5) is 0 Å². The fourth-order valence-electron chi connectivity index (χ4n) is 1.37. The zero-order chi connectivity index (χ0) is 13.5. The van der Waals surface area contributed by atoms with Crippen LogP contribution in [0.25, 0.3) is 0 Å². The molecule has 1 atom stereocenters. The maximum atomic E-state index is 10.7. The summed E-state index contributed by atoms with van der Waals surface area (Å²) in [4.78, 5) is 10.7. The Kier molecular flexibility index (Phi) is 5.20. The van der Waals surface area contributed by atoms with Crippen LogP contribution in [0.2, 0.25) is 0 Å². The first-order chi connectivity index (χ1) is 8.60. The predicted molar refractivity (Wildman–Crippen MR) is 65.8 cm³/mol. The molecule has 0 saturated carbocycles. The highest BCUT2D eigenvalue weighted by Gasteiger charge is 2.19. The van der Waals surface area contributed by atoms with Gasteiger partial charge < -0.3 is 19.7 Å². The molecule has 0 radical (unpaired) electrons. The molecule has 1 unspecified atom stereocenters. The summed E-state index contributed by atoms with van der Waals surface area (Å²) < 4.78 is 10.5. The lowest BCUT2D eigenvalue weighted by atomic mass is 10.0. The van der Waals surface area contributed by atoms with Crippen LogP contribution in [0.5, 0.6) is 11.5 Å². The minimum atomic E-state index is -1.14. The third kappa shape index (κ3) is 3.49. The molecule has 0 heterocycles. The monoisotopic (exact) mass is 252 g/mol. The Bertz CT molecular complexity index is 427. The molecule has 98 valence electrons. The van der Waals surface area contributed by atoms with Crippen molar-refractivity contribution in [3.8, 4) is 11.5 Å². The number of aliphatic hydroxyl groups excluding tert-OH is 1. The first-order valence-electron chi connectivity index (χ1n) is 5.39. The molecular formula is C13H16O5. The van der Waals surface area contributed by atoms with E-state index in [1.807, 2.05) is 0 Å². The van der Waals surface area contributed by atoms with Crippen LogP contribution in [-0.4, -0.2) is 36.5 Å². The van der Waals surface area contributed by atoms with Gasteiger partial charge in [0.25, 0.3) is 0 Å². The average Bonchev–Trinajstić information content (AvgIpc) is 2.39. The molecule has 5 nitrogen and oxygen atoms in total. The van der Waals surface area contributed by atoms with E-state index in [0.29, 0.717) is 11.5 Å². The van der Waals surface area contributed by atoms with Gasteiger partial charge >= 0.3 is 5.97 Å².